The van der Waals surface area contributed by atoms with Gasteiger partial charge in [-0.25, -0.2) is 4.39 Å². The number of rotatable bonds is 6. The molecule has 0 aliphatic heterocycles. The number of nitrogens with two attached hydrogens (primary N) is 1. The van der Waals surface area contributed by atoms with Gasteiger partial charge in [0, 0.05) is 13.2 Å². The van der Waals surface area contributed by atoms with Gasteiger partial charge >= 0.3 is 0 Å². The number of halogens is 1. The fraction of sp³-hybridized carbons (Fsp3) is 0.500. The third-order valence-electron chi connectivity index (χ3n) is 2.43. The lowest BCUT2D eigenvalue weighted by atomic mass is 10.1. The third kappa shape index (κ3) is 3.47. The van der Waals surface area contributed by atoms with Gasteiger partial charge in [0.1, 0.15) is 0 Å². The quantitative estimate of drug-likeness (QED) is 0.805. The molecule has 1 aromatic carbocycles. The van der Waals surface area contributed by atoms with E-state index < -0.39 is 0 Å². The number of aryl methyl sites for hydroxylation is 1. The molecule has 4 heteroatoms. The molecule has 0 saturated carbocycles. The second-order valence-electron chi connectivity index (χ2n) is 3.69. The molecule has 90 valence electrons. The summed E-state index contributed by atoms with van der Waals surface area (Å²) in [6.45, 7) is 0.492. The largest absolute Gasteiger partial charge is 0.494 e. The van der Waals surface area contributed by atoms with E-state index in [1.165, 1.54) is 7.11 Å². The molecule has 1 rings (SSSR count). The van der Waals surface area contributed by atoms with Crippen LogP contribution in [0, 0.1) is 5.82 Å². The summed E-state index contributed by atoms with van der Waals surface area (Å²) in [6.07, 6.45) is 1.28. The Labute approximate surface area is 95.4 Å². The predicted molar refractivity (Wildman–Crippen MR) is 61.1 cm³/mol. The van der Waals surface area contributed by atoms with Gasteiger partial charge in [0.25, 0.3) is 0 Å². The van der Waals surface area contributed by atoms with Crippen LogP contribution in [0.25, 0.3) is 0 Å². The third-order valence-corrected chi connectivity index (χ3v) is 2.43. The Kier molecular flexibility index (Phi) is 5.22. The maximum absolute atomic E-state index is 13.7. The SMILES string of the molecule is COCC(N)CCc1cccc(OC)c1F. The Morgan fingerprint density at radius 3 is 2.75 bits per heavy atom. The predicted octanol–water partition coefficient (Wildman–Crippen LogP) is 1.74. The zero-order chi connectivity index (χ0) is 12.0. The van der Waals surface area contributed by atoms with Crippen LogP contribution in [0.3, 0.4) is 0 Å². The van der Waals surface area contributed by atoms with Crippen molar-refractivity contribution in [1.82, 2.24) is 0 Å². The van der Waals surface area contributed by atoms with E-state index >= 15 is 0 Å². The molecule has 3 nitrogen and oxygen atoms in total. The van der Waals surface area contributed by atoms with Gasteiger partial charge in [0.05, 0.1) is 13.7 Å². The number of benzene rings is 1. The first kappa shape index (κ1) is 12.9. The molecule has 0 aromatic heterocycles. The van der Waals surface area contributed by atoms with E-state index in [0.29, 0.717) is 25.0 Å². The molecule has 0 heterocycles. The standard InChI is InChI=1S/C12H18FNO2/c1-15-8-10(14)7-6-9-4-3-5-11(16-2)12(9)13/h3-5,10H,6-8,14H2,1-2H3. The highest BCUT2D eigenvalue weighted by Gasteiger charge is 2.09. The van der Waals surface area contributed by atoms with Gasteiger partial charge in [-0.15, -0.1) is 0 Å². The van der Waals surface area contributed by atoms with Crippen molar-refractivity contribution in [3.63, 3.8) is 0 Å². The molecule has 1 aromatic rings. The molecule has 0 aliphatic rings. The molecule has 0 spiro atoms. The molecule has 2 N–H and O–H groups in total. The van der Waals surface area contributed by atoms with Gasteiger partial charge in [0.15, 0.2) is 11.6 Å². The normalized spacial score (nSPS) is 12.5. The van der Waals surface area contributed by atoms with E-state index in [-0.39, 0.29) is 17.6 Å². The van der Waals surface area contributed by atoms with Crippen molar-refractivity contribution in [2.45, 2.75) is 18.9 Å². The highest BCUT2D eigenvalue weighted by molar-refractivity contribution is 5.31. The fourth-order valence-electron chi connectivity index (χ4n) is 1.55. The van der Waals surface area contributed by atoms with Gasteiger partial charge in [-0.3, -0.25) is 0 Å². The Balaban J connectivity index is 2.60. The molecule has 1 atom stereocenters. The minimum atomic E-state index is -0.297. The minimum Gasteiger partial charge on any atom is -0.494 e. The second-order valence-corrected chi connectivity index (χ2v) is 3.69. The van der Waals surface area contributed by atoms with Crippen LogP contribution in [0.1, 0.15) is 12.0 Å². The number of hydrogen-bond donors (Lipinski definition) is 1. The molecular formula is C12H18FNO2. The summed E-state index contributed by atoms with van der Waals surface area (Å²) in [5.41, 5.74) is 6.40. The van der Waals surface area contributed by atoms with Crippen LogP contribution in [0.4, 0.5) is 4.39 Å². The smallest absolute Gasteiger partial charge is 0.168 e. The van der Waals surface area contributed by atoms with Crippen LogP contribution in [-0.2, 0) is 11.2 Å². The number of ether oxygens (including phenoxy) is 2. The van der Waals surface area contributed by atoms with E-state index in [2.05, 4.69) is 0 Å². The maximum Gasteiger partial charge on any atom is 0.168 e. The van der Waals surface area contributed by atoms with Crippen LogP contribution in [0.5, 0.6) is 5.75 Å². The highest BCUT2D eigenvalue weighted by atomic mass is 19.1. The minimum absolute atomic E-state index is 0.0596. The molecule has 1 unspecified atom stereocenters. The number of methoxy groups -OCH3 is 2. The van der Waals surface area contributed by atoms with Crippen LogP contribution in [0.15, 0.2) is 18.2 Å². The van der Waals surface area contributed by atoms with E-state index in [1.807, 2.05) is 0 Å². The maximum atomic E-state index is 13.7. The van der Waals surface area contributed by atoms with Crippen LogP contribution in [0.2, 0.25) is 0 Å². The van der Waals surface area contributed by atoms with E-state index in [1.54, 1.807) is 25.3 Å². The van der Waals surface area contributed by atoms with Gasteiger partial charge in [0.2, 0.25) is 0 Å². The van der Waals surface area contributed by atoms with Crippen LogP contribution < -0.4 is 10.5 Å². The van der Waals surface area contributed by atoms with Crippen molar-refractivity contribution in [2.24, 2.45) is 5.73 Å². The molecule has 0 saturated heterocycles. The Bertz CT molecular complexity index is 331. The van der Waals surface area contributed by atoms with E-state index in [9.17, 15) is 4.39 Å². The van der Waals surface area contributed by atoms with Gasteiger partial charge in [-0.05, 0) is 24.5 Å². The van der Waals surface area contributed by atoms with Crippen molar-refractivity contribution >= 4 is 0 Å². The van der Waals surface area contributed by atoms with Crippen molar-refractivity contribution in [2.75, 3.05) is 20.8 Å². The first-order valence-electron chi connectivity index (χ1n) is 5.25. The molecule has 0 bridgehead atoms. The molecule has 0 aliphatic carbocycles. The Hall–Kier alpha value is -1.13. The fourth-order valence-corrected chi connectivity index (χ4v) is 1.55. The van der Waals surface area contributed by atoms with Crippen molar-refractivity contribution in [3.05, 3.63) is 29.6 Å². The summed E-state index contributed by atoms with van der Waals surface area (Å²) in [6, 6.07) is 5.07. The highest BCUT2D eigenvalue weighted by Crippen LogP contribution is 2.21. The van der Waals surface area contributed by atoms with Gasteiger partial charge < -0.3 is 15.2 Å². The first-order valence-corrected chi connectivity index (χ1v) is 5.25. The molecule has 16 heavy (non-hydrogen) atoms. The van der Waals surface area contributed by atoms with Crippen molar-refractivity contribution in [1.29, 1.82) is 0 Å². The summed E-state index contributed by atoms with van der Waals surface area (Å²) >= 11 is 0. The van der Waals surface area contributed by atoms with Crippen LogP contribution in [-0.4, -0.2) is 26.9 Å². The number of hydrogen-bond acceptors (Lipinski definition) is 3. The zero-order valence-electron chi connectivity index (χ0n) is 9.70. The molecule has 0 fully saturated rings. The lowest BCUT2D eigenvalue weighted by Gasteiger charge is -2.11. The summed E-state index contributed by atoms with van der Waals surface area (Å²) < 4.78 is 23.5. The van der Waals surface area contributed by atoms with Crippen molar-refractivity contribution < 1.29 is 13.9 Å². The molecule has 0 amide bonds. The summed E-state index contributed by atoms with van der Waals surface area (Å²) in [4.78, 5) is 0. The monoisotopic (exact) mass is 227 g/mol. The first-order chi connectivity index (χ1) is 7.69. The average Bonchev–Trinajstić information content (AvgIpc) is 2.28. The lowest BCUT2D eigenvalue weighted by molar-refractivity contribution is 0.177. The summed E-state index contributed by atoms with van der Waals surface area (Å²) in [7, 11) is 3.06. The lowest BCUT2D eigenvalue weighted by Crippen LogP contribution is -2.26. The van der Waals surface area contributed by atoms with Crippen LogP contribution >= 0.6 is 0 Å². The Morgan fingerprint density at radius 1 is 1.38 bits per heavy atom. The van der Waals surface area contributed by atoms with E-state index in [0.717, 1.165) is 0 Å². The molecular weight excluding hydrogens is 209 g/mol. The Morgan fingerprint density at radius 2 is 2.12 bits per heavy atom. The van der Waals surface area contributed by atoms with Crippen molar-refractivity contribution in [3.8, 4) is 5.75 Å². The summed E-state index contributed by atoms with van der Waals surface area (Å²) in [5, 5.41) is 0. The van der Waals surface area contributed by atoms with Gasteiger partial charge in [-0.1, -0.05) is 12.1 Å². The summed E-state index contributed by atoms with van der Waals surface area (Å²) in [5.74, 6) is -0.0209. The molecule has 0 radical (unpaired) electrons. The topological polar surface area (TPSA) is 44.5 Å². The average molecular weight is 227 g/mol. The van der Waals surface area contributed by atoms with E-state index in [4.69, 9.17) is 15.2 Å². The second kappa shape index (κ2) is 6.45. The van der Waals surface area contributed by atoms with Gasteiger partial charge in [-0.2, -0.15) is 0 Å². The zero-order valence-corrected chi connectivity index (χ0v) is 9.70.